The van der Waals surface area contributed by atoms with Gasteiger partial charge in [-0.15, -0.1) is 35.3 Å². The number of hydrogen-bond acceptors (Lipinski definition) is 7. The number of anilines is 1. The summed E-state index contributed by atoms with van der Waals surface area (Å²) in [5.41, 5.74) is 0. The highest BCUT2D eigenvalue weighted by Gasteiger charge is 2.22. The normalized spacial score (nSPS) is 15.0. The maximum Gasteiger partial charge on any atom is 0.205 e. The molecule has 1 N–H and O–H groups in total. The highest BCUT2D eigenvalue weighted by molar-refractivity contribution is 14.0. The third-order valence-corrected chi connectivity index (χ3v) is 6.21. The number of nitrogens with one attached hydrogen (secondary N) is 1. The fraction of sp³-hybridized carbons (Fsp3) is 0.647. The van der Waals surface area contributed by atoms with Crippen LogP contribution in [0.3, 0.4) is 0 Å². The van der Waals surface area contributed by atoms with Gasteiger partial charge < -0.3 is 15.1 Å². The standard InChI is InChI=1S/C17H27N7S2.HI/c1-4-13-11-19-15(25-13)12-20-16(18-6-3)23-7-9-24(10-8-23)17-21-14(5-2)22-26-17;/h11H,4-10,12H2,1-3H3,(H,18,20);1H. The van der Waals surface area contributed by atoms with E-state index in [0.29, 0.717) is 6.54 Å². The number of halogens is 1. The van der Waals surface area contributed by atoms with Gasteiger partial charge in [0.05, 0.1) is 6.54 Å². The van der Waals surface area contributed by atoms with Crippen molar-refractivity contribution in [2.24, 2.45) is 4.99 Å². The SMILES string of the molecule is CCNC(=NCc1ncc(CC)s1)N1CCN(c2nc(CC)ns2)CC1.I. The molecule has 2 aromatic heterocycles. The van der Waals surface area contributed by atoms with Gasteiger partial charge in [-0.1, -0.05) is 13.8 Å². The molecule has 7 nitrogen and oxygen atoms in total. The predicted molar refractivity (Wildman–Crippen MR) is 125 cm³/mol. The molecule has 150 valence electrons. The Kier molecular flexibility index (Phi) is 9.16. The lowest BCUT2D eigenvalue weighted by atomic mass is 10.3. The summed E-state index contributed by atoms with van der Waals surface area (Å²) in [7, 11) is 0. The van der Waals surface area contributed by atoms with Crippen LogP contribution in [0.5, 0.6) is 0 Å². The molecule has 0 saturated carbocycles. The van der Waals surface area contributed by atoms with Crippen LogP contribution in [0.4, 0.5) is 5.13 Å². The Morgan fingerprint density at radius 3 is 2.56 bits per heavy atom. The molecule has 1 saturated heterocycles. The van der Waals surface area contributed by atoms with Crippen LogP contribution < -0.4 is 10.2 Å². The molecule has 0 aliphatic carbocycles. The summed E-state index contributed by atoms with van der Waals surface area (Å²) >= 11 is 3.26. The van der Waals surface area contributed by atoms with Crippen molar-refractivity contribution in [1.82, 2.24) is 24.6 Å². The van der Waals surface area contributed by atoms with Crippen molar-refractivity contribution < 1.29 is 0 Å². The zero-order valence-electron chi connectivity index (χ0n) is 16.1. The highest BCUT2D eigenvalue weighted by atomic mass is 127. The van der Waals surface area contributed by atoms with E-state index in [2.05, 4.69) is 50.2 Å². The number of nitrogens with zero attached hydrogens (tertiary/aromatic N) is 6. The number of guanidine groups is 1. The summed E-state index contributed by atoms with van der Waals surface area (Å²) in [6, 6.07) is 0. The Labute approximate surface area is 186 Å². The molecule has 2 aromatic rings. The van der Waals surface area contributed by atoms with Crippen molar-refractivity contribution in [3.8, 4) is 0 Å². The second-order valence-corrected chi connectivity index (χ2v) is 7.99. The van der Waals surface area contributed by atoms with Crippen molar-refractivity contribution in [3.05, 3.63) is 21.9 Å². The van der Waals surface area contributed by atoms with E-state index < -0.39 is 0 Å². The molecule has 10 heteroatoms. The minimum atomic E-state index is 0. The molecule has 27 heavy (non-hydrogen) atoms. The molecule has 3 heterocycles. The number of piperazine rings is 1. The summed E-state index contributed by atoms with van der Waals surface area (Å²) < 4.78 is 4.40. The fourth-order valence-corrected chi connectivity index (χ4v) is 4.37. The van der Waals surface area contributed by atoms with Crippen LogP contribution in [0.2, 0.25) is 0 Å². The Morgan fingerprint density at radius 2 is 1.96 bits per heavy atom. The van der Waals surface area contributed by atoms with Crippen molar-refractivity contribution in [1.29, 1.82) is 0 Å². The highest BCUT2D eigenvalue weighted by Crippen LogP contribution is 2.19. The maximum absolute atomic E-state index is 4.81. The summed E-state index contributed by atoms with van der Waals surface area (Å²) in [5, 5.41) is 5.54. The average Bonchev–Trinajstić information content (AvgIpc) is 3.34. The van der Waals surface area contributed by atoms with Crippen molar-refractivity contribution in [2.45, 2.75) is 40.2 Å². The number of hydrogen-bond donors (Lipinski definition) is 1. The van der Waals surface area contributed by atoms with Crippen LogP contribution in [0.1, 0.15) is 36.5 Å². The Balaban J connectivity index is 0.00000261. The number of rotatable bonds is 6. The smallest absolute Gasteiger partial charge is 0.205 e. The molecule has 1 fully saturated rings. The zero-order valence-corrected chi connectivity index (χ0v) is 20.1. The molecule has 3 rings (SSSR count). The molecular weight excluding hydrogens is 493 g/mol. The van der Waals surface area contributed by atoms with Gasteiger partial charge in [0, 0.05) is 61.8 Å². The zero-order chi connectivity index (χ0) is 18.4. The maximum atomic E-state index is 4.81. The quantitative estimate of drug-likeness (QED) is 0.358. The molecular formula is C17H28IN7S2. The molecule has 1 aliphatic rings. The van der Waals surface area contributed by atoms with Gasteiger partial charge in [0.1, 0.15) is 10.8 Å². The Morgan fingerprint density at radius 1 is 1.19 bits per heavy atom. The third kappa shape index (κ3) is 5.98. The van der Waals surface area contributed by atoms with E-state index in [1.807, 2.05) is 6.20 Å². The van der Waals surface area contributed by atoms with Crippen LogP contribution in [0, 0.1) is 0 Å². The van der Waals surface area contributed by atoms with Gasteiger partial charge in [0.15, 0.2) is 5.96 Å². The Hall–Kier alpha value is -1.01. The van der Waals surface area contributed by atoms with Gasteiger partial charge in [0.25, 0.3) is 0 Å². The number of thiazole rings is 1. The van der Waals surface area contributed by atoms with E-state index in [1.54, 1.807) is 11.3 Å². The van der Waals surface area contributed by atoms with E-state index in [-0.39, 0.29) is 24.0 Å². The predicted octanol–water partition coefficient (Wildman–Crippen LogP) is 3.03. The molecule has 0 bridgehead atoms. The van der Waals surface area contributed by atoms with Crippen LogP contribution in [0.25, 0.3) is 0 Å². The van der Waals surface area contributed by atoms with Crippen LogP contribution in [0.15, 0.2) is 11.2 Å². The minimum absolute atomic E-state index is 0. The first-order valence-electron chi connectivity index (χ1n) is 9.27. The van der Waals surface area contributed by atoms with E-state index >= 15 is 0 Å². The topological polar surface area (TPSA) is 69.5 Å². The van der Waals surface area contributed by atoms with Crippen LogP contribution in [-0.4, -0.2) is 57.9 Å². The number of aryl methyl sites for hydroxylation is 2. The van der Waals surface area contributed by atoms with E-state index in [9.17, 15) is 0 Å². The fourth-order valence-electron chi connectivity index (χ4n) is 2.78. The average molecular weight is 521 g/mol. The lowest BCUT2D eigenvalue weighted by molar-refractivity contribution is 0.372. The lowest BCUT2D eigenvalue weighted by Gasteiger charge is -2.36. The third-order valence-electron chi connectivity index (χ3n) is 4.27. The first kappa shape index (κ1) is 22.3. The van der Waals surface area contributed by atoms with Crippen molar-refractivity contribution >= 4 is 57.9 Å². The number of aromatic nitrogens is 3. The molecule has 0 amide bonds. The second-order valence-electron chi connectivity index (χ2n) is 6.06. The first-order chi connectivity index (χ1) is 12.7. The number of aliphatic imine (C=N–C) groups is 1. The van der Waals surface area contributed by atoms with Gasteiger partial charge in [0.2, 0.25) is 5.13 Å². The van der Waals surface area contributed by atoms with Crippen LogP contribution in [-0.2, 0) is 19.4 Å². The van der Waals surface area contributed by atoms with Gasteiger partial charge in [-0.3, -0.25) is 0 Å². The van der Waals surface area contributed by atoms with Gasteiger partial charge in [-0.2, -0.15) is 4.37 Å². The minimum Gasteiger partial charge on any atom is -0.357 e. The van der Waals surface area contributed by atoms with Gasteiger partial charge in [-0.05, 0) is 13.3 Å². The lowest BCUT2D eigenvalue weighted by Crippen LogP contribution is -2.52. The van der Waals surface area contributed by atoms with E-state index in [0.717, 1.165) is 67.5 Å². The van der Waals surface area contributed by atoms with Gasteiger partial charge >= 0.3 is 0 Å². The molecule has 0 radical (unpaired) electrons. The van der Waals surface area contributed by atoms with Crippen LogP contribution >= 0.6 is 46.8 Å². The van der Waals surface area contributed by atoms with E-state index in [4.69, 9.17) is 4.99 Å². The first-order valence-corrected chi connectivity index (χ1v) is 10.9. The van der Waals surface area contributed by atoms with Gasteiger partial charge in [-0.25, -0.2) is 15.0 Å². The summed E-state index contributed by atoms with van der Waals surface area (Å²) in [6.07, 6.45) is 3.90. The van der Waals surface area contributed by atoms with E-state index in [1.165, 1.54) is 16.4 Å². The monoisotopic (exact) mass is 521 g/mol. The molecule has 0 aromatic carbocycles. The summed E-state index contributed by atoms with van der Waals surface area (Å²) in [6.45, 7) is 11.6. The second kappa shape index (κ2) is 11.1. The summed E-state index contributed by atoms with van der Waals surface area (Å²) in [5.74, 6) is 1.92. The Bertz CT molecular complexity index is 722. The van der Waals surface area contributed by atoms with Crippen molar-refractivity contribution in [2.75, 3.05) is 37.6 Å². The molecule has 0 atom stereocenters. The molecule has 0 unspecified atom stereocenters. The summed E-state index contributed by atoms with van der Waals surface area (Å²) in [4.78, 5) is 19.9. The molecule has 0 spiro atoms. The van der Waals surface area contributed by atoms with Crippen molar-refractivity contribution in [3.63, 3.8) is 0 Å². The molecule has 1 aliphatic heterocycles. The largest absolute Gasteiger partial charge is 0.357 e.